The molecule has 2 heterocycles. The van der Waals surface area contributed by atoms with Gasteiger partial charge in [0.25, 0.3) is 5.56 Å². The maximum atomic E-state index is 12.3. The van der Waals surface area contributed by atoms with Crippen molar-refractivity contribution in [3.8, 4) is 5.75 Å². The van der Waals surface area contributed by atoms with Gasteiger partial charge in [0.15, 0.2) is 0 Å². The maximum Gasteiger partial charge on any atom is 0.323 e. The van der Waals surface area contributed by atoms with Crippen LogP contribution in [0.2, 0.25) is 5.02 Å². The summed E-state index contributed by atoms with van der Waals surface area (Å²) in [6.45, 7) is 4.09. The molecule has 0 aliphatic heterocycles. The van der Waals surface area contributed by atoms with E-state index in [1.54, 1.807) is 36.4 Å². The highest BCUT2D eigenvalue weighted by atomic mass is 35.5. The first-order chi connectivity index (χ1) is 15.4. The van der Waals surface area contributed by atoms with Gasteiger partial charge in [0.05, 0.1) is 10.7 Å². The molecular formula is C24H21ClN4O3. The number of anilines is 2. The smallest absolute Gasteiger partial charge is 0.323 e. The van der Waals surface area contributed by atoms with Crippen molar-refractivity contribution in [2.75, 3.05) is 10.6 Å². The third-order valence-corrected chi connectivity index (χ3v) is 4.88. The topological polar surface area (TPSA) is 84.7 Å². The molecule has 0 saturated heterocycles. The van der Waals surface area contributed by atoms with E-state index in [1.807, 2.05) is 32.0 Å². The fraction of sp³-hybridized carbons (Fsp3) is 0.125. The number of ether oxygens (including phenoxy) is 1. The molecule has 32 heavy (non-hydrogen) atoms. The van der Waals surface area contributed by atoms with Crippen LogP contribution in [0.25, 0.3) is 5.65 Å². The lowest BCUT2D eigenvalue weighted by molar-refractivity contribution is 0.262. The number of amides is 2. The Labute approximate surface area is 189 Å². The first-order valence-electron chi connectivity index (χ1n) is 9.93. The summed E-state index contributed by atoms with van der Waals surface area (Å²) in [5.74, 6) is 0.586. The zero-order valence-corrected chi connectivity index (χ0v) is 18.3. The molecule has 0 radical (unpaired) electrons. The van der Waals surface area contributed by atoms with Crippen molar-refractivity contribution < 1.29 is 9.53 Å². The number of hydrogen-bond acceptors (Lipinski definition) is 4. The molecule has 0 aliphatic carbocycles. The molecule has 0 spiro atoms. The molecule has 162 valence electrons. The molecule has 0 saturated carbocycles. The van der Waals surface area contributed by atoms with E-state index in [9.17, 15) is 9.59 Å². The van der Waals surface area contributed by atoms with Crippen LogP contribution in [-0.4, -0.2) is 15.4 Å². The standard InChI is InChI=1S/C24H21ClN4O3/c1-15-9-16(2)11-19(10-15)28-24(31)27-18-4-6-21(7-5-18)32-14-20-12-23(30)29-13-17(25)3-8-22(29)26-20/h3-13H,14H2,1-2H3,(H2,27,28,31). The van der Waals surface area contributed by atoms with Gasteiger partial charge in [-0.3, -0.25) is 9.20 Å². The second-order valence-electron chi connectivity index (χ2n) is 7.43. The number of fused-ring (bicyclic) bond motifs is 1. The molecule has 8 heteroatoms. The first kappa shape index (κ1) is 21.4. The fourth-order valence-electron chi connectivity index (χ4n) is 3.33. The number of carbonyl (C=O) groups excluding carboxylic acids is 1. The lowest BCUT2D eigenvalue weighted by Crippen LogP contribution is -2.19. The summed E-state index contributed by atoms with van der Waals surface area (Å²) in [4.78, 5) is 28.9. The van der Waals surface area contributed by atoms with Gasteiger partial charge in [-0.15, -0.1) is 0 Å². The van der Waals surface area contributed by atoms with E-state index in [2.05, 4.69) is 15.6 Å². The number of halogens is 1. The van der Waals surface area contributed by atoms with E-state index in [-0.39, 0.29) is 18.2 Å². The van der Waals surface area contributed by atoms with E-state index in [1.165, 1.54) is 16.7 Å². The Kier molecular flexibility index (Phi) is 6.09. The van der Waals surface area contributed by atoms with E-state index in [4.69, 9.17) is 16.3 Å². The number of aromatic nitrogens is 2. The quantitative estimate of drug-likeness (QED) is 0.440. The Morgan fingerprint density at radius 3 is 2.38 bits per heavy atom. The average Bonchev–Trinajstić information content (AvgIpc) is 2.73. The van der Waals surface area contributed by atoms with Gasteiger partial charge in [-0.1, -0.05) is 17.7 Å². The van der Waals surface area contributed by atoms with Crippen molar-refractivity contribution >= 4 is 34.7 Å². The van der Waals surface area contributed by atoms with Gasteiger partial charge in [-0.05, 0) is 73.5 Å². The minimum absolute atomic E-state index is 0.133. The molecule has 2 aromatic heterocycles. The van der Waals surface area contributed by atoms with Crippen molar-refractivity contribution in [1.29, 1.82) is 0 Å². The van der Waals surface area contributed by atoms with Crippen LogP contribution in [0.15, 0.2) is 71.7 Å². The molecule has 0 bridgehead atoms. The zero-order chi connectivity index (χ0) is 22.7. The second-order valence-corrected chi connectivity index (χ2v) is 7.87. The lowest BCUT2D eigenvalue weighted by atomic mass is 10.1. The summed E-state index contributed by atoms with van der Waals surface area (Å²) >= 11 is 5.93. The van der Waals surface area contributed by atoms with E-state index < -0.39 is 0 Å². The van der Waals surface area contributed by atoms with Crippen molar-refractivity contribution in [3.63, 3.8) is 0 Å². The van der Waals surface area contributed by atoms with E-state index in [0.29, 0.717) is 27.8 Å². The summed E-state index contributed by atoms with van der Waals surface area (Å²) in [7, 11) is 0. The predicted molar refractivity (Wildman–Crippen MR) is 126 cm³/mol. The van der Waals surface area contributed by atoms with Gasteiger partial charge in [0.2, 0.25) is 0 Å². The normalized spacial score (nSPS) is 10.7. The average molecular weight is 449 g/mol. The van der Waals surface area contributed by atoms with E-state index >= 15 is 0 Å². The maximum absolute atomic E-state index is 12.3. The van der Waals surface area contributed by atoms with Crippen LogP contribution in [0.3, 0.4) is 0 Å². The van der Waals surface area contributed by atoms with Crippen LogP contribution in [0, 0.1) is 13.8 Å². The highest BCUT2D eigenvalue weighted by molar-refractivity contribution is 6.30. The van der Waals surface area contributed by atoms with Gasteiger partial charge in [-0.25, -0.2) is 9.78 Å². The summed E-state index contributed by atoms with van der Waals surface area (Å²) in [5, 5.41) is 6.08. The Bertz CT molecular complexity index is 1330. The van der Waals surface area contributed by atoms with E-state index in [0.717, 1.165) is 16.8 Å². The van der Waals surface area contributed by atoms with Crippen molar-refractivity contribution in [3.05, 3.63) is 99.1 Å². The molecule has 4 rings (SSSR count). The van der Waals surface area contributed by atoms with Crippen LogP contribution in [0.1, 0.15) is 16.8 Å². The molecule has 4 aromatic rings. The van der Waals surface area contributed by atoms with Gasteiger partial charge in [-0.2, -0.15) is 0 Å². The first-order valence-corrected chi connectivity index (χ1v) is 10.3. The van der Waals surface area contributed by atoms with Crippen LogP contribution in [0.4, 0.5) is 16.2 Å². The van der Waals surface area contributed by atoms with Gasteiger partial charge < -0.3 is 15.4 Å². The van der Waals surface area contributed by atoms with Gasteiger partial charge in [0.1, 0.15) is 18.0 Å². The minimum Gasteiger partial charge on any atom is -0.487 e. The van der Waals surface area contributed by atoms with Crippen LogP contribution in [0.5, 0.6) is 5.75 Å². The lowest BCUT2D eigenvalue weighted by Gasteiger charge is -2.10. The zero-order valence-electron chi connectivity index (χ0n) is 17.6. The number of pyridine rings is 1. The van der Waals surface area contributed by atoms with Crippen LogP contribution >= 0.6 is 11.6 Å². The van der Waals surface area contributed by atoms with Crippen molar-refractivity contribution in [1.82, 2.24) is 9.38 Å². The number of hydrogen-bond donors (Lipinski definition) is 2. The van der Waals surface area contributed by atoms with Gasteiger partial charge >= 0.3 is 6.03 Å². The summed E-state index contributed by atoms with van der Waals surface area (Å²) in [6, 6.07) is 17.2. The molecule has 7 nitrogen and oxygen atoms in total. The van der Waals surface area contributed by atoms with Crippen molar-refractivity contribution in [2.45, 2.75) is 20.5 Å². The summed E-state index contributed by atoms with van der Waals surface area (Å²) in [5.41, 5.74) is 4.29. The highest BCUT2D eigenvalue weighted by Crippen LogP contribution is 2.18. The number of carbonyl (C=O) groups is 1. The Hall–Kier alpha value is -3.84. The highest BCUT2D eigenvalue weighted by Gasteiger charge is 2.06. The Balaban J connectivity index is 1.36. The molecular weight excluding hydrogens is 428 g/mol. The number of aryl methyl sites for hydroxylation is 2. The predicted octanol–water partition coefficient (Wildman–Crippen LogP) is 5.19. The fourth-order valence-corrected chi connectivity index (χ4v) is 3.49. The van der Waals surface area contributed by atoms with Crippen molar-refractivity contribution in [2.24, 2.45) is 0 Å². The molecule has 2 aromatic carbocycles. The molecule has 0 aliphatic rings. The van der Waals surface area contributed by atoms with Gasteiger partial charge in [0, 0.05) is 23.6 Å². The number of nitrogens with one attached hydrogen (secondary N) is 2. The number of rotatable bonds is 5. The molecule has 2 amide bonds. The van der Waals surface area contributed by atoms with Crippen LogP contribution < -0.4 is 20.9 Å². The SMILES string of the molecule is Cc1cc(C)cc(NC(=O)Nc2ccc(OCc3cc(=O)n4cc(Cl)ccc4n3)cc2)c1. The monoisotopic (exact) mass is 448 g/mol. The number of nitrogens with zero attached hydrogens (tertiary/aromatic N) is 2. The summed E-state index contributed by atoms with van der Waals surface area (Å²) < 4.78 is 7.12. The molecule has 0 unspecified atom stereocenters. The third kappa shape index (κ3) is 5.25. The number of urea groups is 1. The Morgan fingerprint density at radius 1 is 0.969 bits per heavy atom. The molecule has 2 N–H and O–H groups in total. The third-order valence-electron chi connectivity index (χ3n) is 4.66. The Morgan fingerprint density at radius 2 is 1.66 bits per heavy atom. The minimum atomic E-state index is -0.329. The van der Waals surface area contributed by atoms with Crippen LogP contribution in [-0.2, 0) is 6.61 Å². The molecule has 0 atom stereocenters. The molecule has 0 fully saturated rings. The summed E-state index contributed by atoms with van der Waals surface area (Å²) in [6.07, 6.45) is 1.53. The largest absolute Gasteiger partial charge is 0.487 e. The second kappa shape index (κ2) is 9.11. The number of benzene rings is 2.